The van der Waals surface area contributed by atoms with Crippen LogP contribution >= 0.6 is 0 Å². The van der Waals surface area contributed by atoms with Crippen molar-refractivity contribution in [2.24, 2.45) is 11.8 Å². The van der Waals surface area contributed by atoms with E-state index >= 15 is 0 Å². The van der Waals surface area contributed by atoms with Gasteiger partial charge in [0.1, 0.15) is 5.78 Å². The quantitative estimate of drug-likeness (QED) is 0.520. The minimum absolute atomic E-state index is 0.160. The van der Waals surface area contributed by atoms with Crippen molar-refractivity contribution in [2.75, 3.05) is 11.5 Å². The summed E-state index contributed by atoms with van der Waals surface area (Å²) >= 11 is 0. The average Bonchev–Trinajstić information content (AvgIpc) is 2.17. The minimum Gasteiger partial charge on any atom is -0.300 e. The molecule has 0 bridgehead atoms. The molecule has 1 aliphatic carbocycles. The first-order valence-corrected chi connectivity index (χ1v) is 5.61. The van der Waals surface area contributed by atoms with Gasteiger partial charge in [-0.25, -0.2) is 8.42 Å². The van der Waals surface area contributed by atoms with Gasteiger partial charge in [-0.15, -0.1) is 0 Å². The first kappa shape index (κ1) is 7.28. The van der Waals surface area contributed by atoms with Crippen molar-refractivity contribution < 1.29 is 13.2 Å². The minimum atomic E-state index is -2.78. The Labute approximate surface area is 65.7 Å². The Morgan fingerprint density at radius 3 is 2.00 bits per heavy atom. The molecule has 0 amide bonds. The fourth-order valence-corrected chi connectivity index (χ4v) is 4.33. The van der Waals surface area contributed by atoms with Crippen molar-refractivity contribution in [2.45, 2.75) is 12.8 Å². The highest BCUT2D eigenvalue weighted by atomic mass is 32.2. The summed E-state index contributed by atoms with van der Waals surface area (Å²) in [5.41, 5.74) is 0. The van der Waals surface area contributed by atoms with Gasteiger partial charge in [0.2, 0.25) is 0 Å². The van der Waals surface area contributed by atoms with Gasteiger partial charge in [0.25, 0.3) is 0 Å². The third kappa shape index (κ3) is 1.20. The summed E-state index contributed by atoms with van der Waals surface area (Å²) < 4.78 is 22.1. The zero-order valence-corrected chi connectivity index (χ0v) is 6.93. The van der Waals surface area contributed by atoms with E-state index in [9.17, 15) is 13.2 Å². The number of Topliss-reactive ketones (excluding diaryl/α,β-unsaturated/α-hetero) is 1. The van der Waals surface area contributed by atoms with Crippen LogP contribution in [0.4, 0.5) is 0 Å². The second kappa shape index (κ2) is 2.06. The Morgan fingerprint density at radius 1 is 1.09 bits per heavy atom. The molecule has 0 N–H and O–H groups in total. The van der Waals surface area contributed by atoms with E-state index in [2.05, 4.69) is 0 Å². The van der Waals surface area contributed by atoms with Crippen LogP contribution in [-0.2, 0) is 14.6 Å². The second-order valence-electron chi connectivity index (χ2n) is 3.54. The van der Waals surface area contributed by atoms with E-state index in [1.807, 2.05) is 0 Å². The molecule has 1 aliphatic heterocycles. The molecule has 2 rings (SSSR count). The first-order valence-electron chi connectivity index (χ1n) is 3.79. The Hall–Kier alpha value is -0.380. The molecule has 0 unspecified atom stereocenters. The highest BCUT2D eigenvalue weighted by Gasteiger charge is 2.43. The standard InChI is InChI=1S/C7H10O3S/c8-7-1-5-3-11(9,10)4-6(5)2-7/h5-6H,1-4H2/t5-,6+. The monoisotopic (exact) mass is 174 g/mol. The molecular weight excluding hydrogens is 164 g/mol. The lowest BCUT2D eigenvalue weighted by Gasteiger charge is -2.00. The molecule has 3 nitrogen and oxygen atoms in total. The molecule has 2 fully saturated rings. The highest BCUT2D eigenvalue weighted by Crippen LogP contribution is 2.36. The third-order valence-electron chi connectivity index (χ3n) is 2.58. The van der Waals surface area contributed by atoms with E-state index in [4.69, 9.17) is 0 Å². The van der Waals surface area contributed by atoms with Crippen LogP contribution in [0.15, 0.2) is 0 Å². The Balaban J connectivity index is 2.22. The fraction of sp³-hybridized carbons (Fsp3) is 0.857. The molecule has 4 heteroatoms. The number of hydrogen-bond acceptors (Lipinski definition) is 3. The molecule has 1 heterocycles. The van der Waals surface area contributed by atoms with Crippen molar-refractivity contribution in [1.82, 2.24) is 0 Å². The molecule has 62 valence electrons. The SMILES string of the molecule is O=C1C[C@@H]2CS(=O)(=O)C[C@@H]2C1. The number of carbonyl (C=O) groups excluding carboxylic acids is 1. The van der Waals surface area contributed by atoms with Crippen LogP contribution in [0.3, 0.4) is 0 Å². The van der Waals surface area contributed by atoms with Crippen LogP contribution in [0.2, 0.25) is 0 Å². The average molecular weight is 174 g/mol. The molecule has 0 aromatic rings. The summed E-state index contributed by atoms with van der Waals surface area (Å²) in [6.07, 6.45) is 1.01. The van der Waals surface area contributed by atoms with Gasteiger partial charge in [-0.1, -0.05) is 0 Å². The maximum absolute atomic E-state index is 11.0. The normalized spacial score (nSPS) is 40.9. The largest absolute Gasteiger partial charge is 0.300 e. The molecule has 0 spiro atoms. The summed E-state index contributed by atoms with van der Waals surface area (Å²) in [6, 6.07) is 0. The Kier molecular flexibility index (Phi) is 1.36. The van der Waals surface area contributed by atoms with E-state index in [0.29, 0.717) is 12.8 Å². The first-order chi connectivity index (χ1) is 5.07. The van der Waals surface area contributed by atoms with Crippen molar-refractivity contribution in [3.05, 3.63) is 0 Å². The Morgan fingerprint density at radius 2 is 1.55 bits per heavy atom. The summed E-state index contributed by atoms with van der Waals surface area (Å²) in [6.45, 7) is 0. The lowest BCUT2D eigenvalue weighted by molar-refractivity contribution is -0.117. The molecule has 0 radical (unpaired) electrons. The van der Waals surface area contributed by atoms with Gasteiger partial charge >= 0.3 is 0 Å². The zero-order chi connectivity index (χ0) is 8.06. The van der Waals surface area contributed by atoms with Crippen LogP contribution in [0, 0.1) is 11.8 Å². The van der Waals surface area contributed by atoms with Crippen LogP contribution < -0.4 is 0 Å². The third-order valence-corrected chi connectivity index (χ3v) is 4.45. The maximum atomic E-state index is 11.0. The summed E-state index contributed by atoms with van der Waals surface area (Å²) in [5, 5.41) is 0. The van der Waals surface area contributed by atoms with Crippen molar-refractivity contribution in [3.63, 3.8) is 0 Å². The van der Waals surface area contributed by atoms with Crippen molar-refractivity contribution in [1.29, 1.82) is 0 Å². The van der Waals surface area contributed by atoms with Crippen molar-refractivity contribution in [3.8, 4) is 0 Å². The van der Waals surface area contributed by atoms with Crippen LogP contribution in [0.5, 0.6) is 0 Å². The smallest absolute Gasteiger partial charge is 0.150 e. The zero-order valence-electron chi connectivity index (χ0n) is 6.12. The van der Waals surface area contributed by atoms with Gasteiger partial charge in [-0.3, -0.25) is 4.79 Å². The lowest BCUT2D eigenvalue weighted by atomic mass is 10.0. The molecule has 0 aromatic carbocycles. The van der Waals surface area contributed by atoms with Gasteiger partial charge in [0.15, 0.2) is 9.84 Å². The van der Waals surface area contributed by atoms with Gasteiger partial charge in [-0.2, -0.15) is 0 Å². The fourth-order valence-electron chi connectivity index (χ4n) is 2.11. The van der Waals surface area contributed by atoms with Gasteiger partial charge in [0.05, 0.1) is 11.5 Å². The van der Waals surface area contributed by atoms with Gasteiger partial charge < -0.3 is 0 Å². The predicted octanol–water partition coefficient (Wildman–Crippen LogP) is 0.0101. The summed E-state index contributed by atoms with van der Waals surface area (Å²) in [5.74, 6) is 1.07. The maximum Gasteiger partial charge on any atom is 0.150 e. The summed E-state index contributed by atoms with van der Waals surface area (Å²) in [4.78, 5) is 10.9. The van der Waals surface area contributed by atoms with E-state index < -0.39 is 9.84 Å². The van der Waals surface area contributed by atoms with E-state index in [-0.39, 0.29) is 29.1 Å². The van der Waals surface area contributed by atoms with Crippen molar-refractivity contribution >= 4 is 15.6 Å². The highest BCUT2D eigenvalue weighted by molar-refractivity contribution is 7.91. The van der Waals surface area contributed by atoms with E-state index in [0.717, 1.165) is 0 Å². The number of sulfone groups is 1. The molecule has 2 atom stereocenters. The van der Waals surface area contributed by atoms with Crippen LogP contribution in [0.1, 0.15) is 12.8 Å². The van der Waals surface area contributed by atoms with Gasteiger partial charge in [0, 0.05) is 12.8 Å². The number of ketones is 1. The number of hydrogen-bond donors (Lipinski definition) is 0. The summed E-state index contributed by atoms with van der Waals surface area (Å²) in [7, 11) is -2.78. The molecule has 11 heavy (non-hydrogen) atoms. The molecular formula is C7H10O3S. The lowest BCUT2D eigenvalue weighted by Crippen LogP contribution is -2.06. The predicted molar refractivity (Wildman–Crippen MR) is 39.9 cm³/mol. The molecule has 1 saturated heterocycles. The molecule has 0 aromatic heterocycles. The molecule has 2 aliphatic rings. The number of fused-ring (bicyclic) bond motifs is 1. The van der Waals surface area contributed by atoms with Gasteiger partial charge in [-0.05, 0) is 11.8 Å². The molecule has 1 saturated carbocycles. The second-order valence-corrected chi connectivity index (χ2v) is 5.70. The van der Waals surface area contributed by atoms with Crippen LogP contribution in [-0.4, -0.2) is 25.7 Å². The number of rotatable bonds is 0. The van der Waals surface area contributed by atoms with E-state index in [1.54, 1.807) is 0 Å². The van der Waals surface area contributed by atoms with Crippen LogP contribution in [0.25, 0.3) is 0 Å². The Bertz CT molecular complexity index is 269. The van der Waals surface area contributed by atoms with E-state index in [1.165, 1.54) is 0 Å². The topological polar surface area (TPSA) is 51.2 Å². The number of carbonyl (C=O) groups is 1.